The lowest BCUT2D eigenvalue weighted by atomic mass is 9.98. The van der Waals surface area contributed by atoms with Crippen LogP contribution in [0.4, 0.5) is 11.4 Å². The van der Waals surface area contributed by atoms with E-state index in [-0.39, 0.29) is 21.7 Å². The highest BCUT2D eigenvalue weighted by Crippen LogP contribution is 2.27. The van der Waals surface area contributed by atoms with Crippen LogP contribution in [0.25, 0.3) is 10.8 Å². The van der Waals surface area contributed by atoms with E-state index >= 15 is 0 Å². The number of fused-ring (bicyclic) bond motifs is 1. The van der Waals surface area contributed by atoms with Crippen molar-refractivity contribution in [3.63, 3.8) is 0 Å². The van der Waals surface area contributed by atoms with Crippen LogP contribution in [0.5, 0.6) is 0 Å². The largest absolute Gasteiger partial charge is 0.452 e. The number of ketones is 1. The van der Waals surface area contributed by atoms with Crippen molar-refractivity contribution < 1.29 is 24.0 Å². The smallest absolute Gasteiger partial charge is 0.339 e. The van der Waals surface area contributed by atoms with Crippen LogP contribution in [0.2, 0.25) is 5.02 Å². The van der Waals surface area contributed by atoms with E-state index in [1.165, 1.54) is 30.3 Å². The van der Waals surface area contributed by atoms with Crippen LogP contribution in [0.1, 0.15) is 26.3 Å². The average molecular weight is 489 g/mol. The summed E-state index contributed by atoms with van der Waals surface area (Å²) in [4.78, 5) is 48.6. The molecule has 9 heteroatoms. The molecule has 0 unspecified atom stereocenters. The molecular formula is C26H17ClN2O6. The fourth-order valence-corrected chi connectivity index (χ4v) is 3.72. The third-order valence-electron chi connectivity index (χ3n) is 5.19. The minimum Gasteiger partial charge on any atom is -0.452 e. The van der Waals surface area contributed by atoms with Crippen LogP contribution in [0.15, 0.2) is 84.9 Å². The number of hydrogen-bond acceptors (Lipinski definition) is 6. The van der Waals surface area contributed by atoms with Gasteiger partial charge in [-0.2, -0.15) is 0 Å². The summed E-state index contributed by atoms with van der Waals surface area (Å²) in [6, 6.07) is 22.4. The van der Waals surface area contributed by atoms with Gasteiger partial charge >= 0.3 is 5.97 Å². The first-order chi connectivity index (χ1) is 16.8. The van der Waals surface area contributed by atoms with Gasteiger partial charge in [0, 0.05) is 28.3 Å². The molecule has 4 aromatic carbocycles. The first-order valence-corrected chi connectivity index (χ1v) is 10.8. The average Bonchev–Trinajstić information content (AvgIpc) is 2.87. The number of nitro groups is 1. The van der Waals surface area contributed by atoms with E-state index in [1.54, 1.807) is 18.2 Å². The third kappa shape index (κ3) is 5.18. The topological polar surface area (TPSA) is 116 Å². The Balaban J connectivity index is 1.49. The molecule has 4 aromatic rings. The molecule has 35 heavy (non-hydrogen) atoms. The maximum atomic E-state index is 13.0. The van der Waals surface area contributed by atoms with E-state index in [2.05, 4.69) is 5.32 Å². The zero-order valence-electron chi connectivity index (χ0n) is 18.1. The van der Waals surface area contributed by atoms with Crippen molar-refractivity contribution in [2.24, 2.45) is 0 Å². The maximum absolute atomic E-state index is 13.0. The standard InChI is InChI=1S/C26H17ClN2O6/c27-21-13-12-17(14-23(21)29(33)34)25(31)19-9-3-4-10-20(19)26(32)35-15-24(30)28-22-11-5-7-16-6-1-2-8-18(16)22/h1-14H,15H2,(H,28,30). The zero-order valence-corrected chi connectivity index (χ0v) is 18.8. The second-order valence-electron chi connectivity index (χ2n) is 7.45. The molecule has 0 spiro atoms. The summed E-state index contributed by atoms with van der Waals surface area (Å²) in [6.07, 6.45) is 0. The summed E-state index contributed by atoms with van der Waals surface area (Å²) < 4.78 is 5.15. The van der Waals surface area contributed by atoms with Crippen LogP contribution in [0.3, 0.4) is 0 Å². The fourth-order valence-electron chi connectivity index (χ4n) is 3.54. The minimum absolute atomic E-state index is 0.0185. The summed E-state index contributed by atoms with van der Waals surface area (Å²) in [5.74, 6) is -2.06. The molecule has 0 saturated heterocycles. The van der Waals surface area contributed by atoms with E-state index in [9.17, 15) is 24.5 Å². The number of esters is 1. The number of nitrogens with one attached hydrogen (secondary N) is 1. The van der Waals surface area contributed by atoms with E-state index < -0.39 is 34.9 Å². The van der Waals surface area contributed by atoms with Crippen LogP contribution in [0, 0.1) is 10.1 Å². The van der Waals surface area contributed by atoms with Gasteiger partial charge in [-0.1, -0.05) is 66.2 Å². The number of carbonyl (C=O) groups excluding carboxylic acids is 3. The van der Waals surface area contributed by atoms with E-state index in [1.807, 2.05) is 30.3 Å². The highest BCUT2D eigenvalue weighted by atomic mass is 35.5. The lowest BCUT2D eigenvalue weighted by Crippen LogP contribution is -2.22. The van der Waals surface area contributed by atoms with Gasteiger partial charge in [0.05, 0.1) is 10.5 Å². The number of halogens is 1. The molecule has 0 saturated carbocycles. The number of rotatable bonds is 7. The SMILES string of the molecule is O=C(COC(=O)c1ccccc1C(=O)c1ccc(Cl)c([N+](=O)[O-])c1)Nc1cccc2ccccc12. The number of nitro benzene ring substituents is 1. The number of amides is 1. The number of anilines is 1. The van der Waals surface area contributed by atoms with Gasteiger partial charge in [-0.3, -0.25) is 19.7 Å². The lowest BCUT2D eigenvalue weighted by Gasteiger charge is -2.11. The van der Waals surface area contributed by atoms with Gasteiger partial charge in [0.15, 0.2) is 12.4 Å². The summed E-state index contributed by atoms with van der Waals surface area (Å²) in [5, 5.41) is 15.5. The number of ether oxygens (including phenoxy) is 1. The van der Waals surface area contributed by atoms with Crippen LogP contribution in [-0.2, 0) is 9.53 Å². The molecule has 8 nitrogen and oxygen atoms in total. The summed E-state index contributed by atoms with van der Waals surface area (Å²) in [7, 11) is 0. The van der Waals surface area contributed by atoms with E-state index in [0.717, 1.165) is 16.8 Å². The Bertz CT molecular complexity index is 1480. The Kier molecular flexibility index (Phi) is 6.84. The van der Waals surface area contributed by atoms with Crippen LogP contribution < -0.4 is 5.32 Å². The third-order valence-corrected chi connectivity index (χ3v) is 5.51. The molecule has 174 valence electrons. The van der Waals surface area contributed by atoms with Crippen molar-refractivity contribution in [1.82, 2.24) is 0 Å². The Morgan fingerprint density at radius 1 is 0.886 bits per heavy atom. The van der Waals surface area contributed by atoms with Gasteiger partial charge in [0.25, 0.3) is 11.6 Å². The second kappa shape index (κ2) is 10.1. The predicted octanol–water partition coefficient (Wildman–Crippen LogP) is 5.43. The molecule has 0 heterocycles. The summed E-state index contributed by atoms with van der Waals surface area (Å²) in [6.45, 7) is -0.572. The first kappa shape index (κ1) is 23.6. The molecule has 0 aliphatic carbocycles. The van der Waals surface area contributed by atoms with Crippen LogP contribution in [-0.4, -0.2) is 29.2 Å². The molecule has 4 rings (SSSR count). The normalized spacial score (nSPS) is 10.5. The van der Waals surface area contributed by atoms with Gasteiger partial charge in [-0.25, -0.2) is 4.79 Å². The van der Waals surface area contributed by atoms with Gasteiger partial charge in [-0.05, 0) is 29.7 Å². The first-order valence-electron chi connectivity index (χ1n) is 10.4. The number of carbonyl (C=O) groups is 3. The molecular weight excluding hydrogens is 472 g/mol. The molecule has 0 fully saturated rings. The van der Waals surface area contributed by atoms with Crippen LogP contribution >= 0.6 is 11.6 Å². The summed E-state index contributed by atoms with van der Waals surface area (Å²) in [5.41, 5.74) is 0.0263. The maximum Gasteiger partial charge on any atom is 0.339 e. The molecule has 0 atom stereocenters. The van der Waals surface area contributed by atoms with Gasteiger partial charge < -0.3 is 10.1 Å². The number of nitrogens with zero attached hydrogens (tertiary/aromatic N) is 1. The Morgan fingerprint density at radius 2 is 1.57 bits per heavy atom. The Morgan fingerprint density at radius 3 is 2.34 bits per heavy atom. The molecule has 0 bridgehead atoms. The molecule has 0 aliphatic heterocycles. The van der Waals surface area contributed by atoms with E-state index in [0.29, 0.717) is 5.69 Å². The molecule has 1 amide bonds. The Hall–Kier alpha value is -4.56. The Labute approximate surface area is 204 Å². The zero-order chi connectivity index (χ0) is 24.9. The fraction of sp³-hybridized carbons (Fsp3) is 0.0385. The molecule has 0 aliphatic rings. The number of benzene rings is 4. The number of hydrogen-bond donors (Lipinski definition) is 1. The van der Waals surface area contributed by atoms with Gasteiger partial charge in [-0.15, -0.1) is 0 Å². The van der Waals surface area contributed by atoms with Gasteiger partial charge in [0.2, 0.25) is 0 Å². The van der Waals surface area contributed by atoms with Crippen molar-refractivity contribution in [2.45, 2.75) is 0 Å². The lowest BCUT2D eigenvalue weighted by molar-refractivity contribution is -0.384. The highest BCUT2D eigenvalue weighted by Gasteiger charge is 2.22. The van der Waals surface area contributed by atoms with Gasteiger partial charge in [0.1, 0.15) is 5.02 Å². The summed E-state index contributed by atoms with van der Waals surface area (Å²) >= 11 is 5.82. The van der Waals surface area contributed by atoms with Crippen molar-refractivity contribution in [3.8, 4) is 0 Å². The highest BCUT2D eigenvalue weighted by molar-refractivity contribution is 6.33. The monoisotopic (exact) mass is 488 g/mol. The predicted molar refractivity (Wildman–Crippen MR) is 131 cm³/mol. The molecule has 0 aromatic heterocycles. The van der Waals surface area contributed by atoms with Crippen molar-refractivity contribution >= 4 is 51.4 Å². The minimum atomic E-state index is -0.884. The van der Waals surface area contributed by atoms with E-state index in [4.69, 9.17) is 16.3 Å². The second-order valence-corrected chi connectivity index (χ2v) is 7.86. The van der Waals surface area contributed by atoms with Crippen molar-refractivity contribution in [3.05, 3.63) is 117 Å². The van der Waals surface area contributed by atoms with Crippen molar-refractivity contribution in [1.29, 1.82) is 0 Å². The molecule has 1 N–H and O–H groups in total. The quantitative estimate of drug-likeness (QED) is 0.160. The van der Waals surface area contributed by atoms with Crippen molar-refractivity contribution in [2.75, 3.05) is 11.9 Å². The molecule has 0 radical (unpaired) electrons.